The predicted molar refractivity (Wildman–Crippen MR) is 45.7 cm³/mol. The monoisotopic (exact) mass is 145 g/mol. The van der Waals surface area contributed by atoms with Crippen molar-refractivity contribution in [3.63, 3.8) is 0 Å². The van der Waals surface area contributed by atoms with Crippen molar-refractivity contribution in [1.29, 1.82) is 0 Å². The highest BCUT2D eigenvalue weighted by Gasteiger charge is 2.07. The Hall–Kier alpha value is -1.37. The van der Waals surface area contributed by atoms with Gasteiger partial charge in [0.05, 0.1) is 0 Å². The largest absolute Gasteiger partial charge is 1.00 e. The molecule has 0 unspecified atom stereocenters. The van der Waals surface area contributed by atoms with Crippen LogP contribution in [0, 0.1) is 0 Å². The summed E-state index contributed by atoms with van der Waals surface area (Å²) in [7, 11) is 0. The lowest BCUT2D eigenvalue weighted by Crippen LogP contribution is -1.89. The molecule has 1 heteroatoms. The lowest BCUT2D eigenvalue weighted by atomic mass is 10.0. The maximum atomic E-state index is 10.5. The summed E-state index contributed by atoms with van der Waals surface area (Å²) in [6, 6.07) is 5.81. The molecule has 0 saturated heterocycles. The molecule has 0 atom stereocenters. The smallest absolute Gasteiger partial charge is 0.298 e. The molecule has 0 radical (unpaired) electrons. The van der Waals surface area contributed by atoms with E-state index >= 15 is 0 Å². The molecule has 1 aliphatic rings. The van der Waals surface area contributed by atoms with Gasteiger partial charge in [0.25, 0.3) is 0 Å². The number of fused-ring (bicyclic) bond motifs is 1. The van der Waals surface area contributed by atoms with Crippen molar-refractivity contribution < 1.29 is 6.22 Å². The first-order chi connectivity index (χ1) is 5.42. The van der Waals surface area contributed by atoms with Gasteiger partial charge in [-0.15, -0.1) is 0 Å². The Balaban J connectivity index is 0.000000720. The molecule has 0 aliphatic heterocycles. The molecule has 0 N–H and O–H groups in total. The highest BCUT2D eigenvalue weighted by Crippen LogP contribution is 2.21. The normalized spacial score (nSPS) is 13.1. The maximum Gasteiger partial charge on any atom is 1.00 e. The summed E-state index contributed by atoms with van der Waals surface area (Å²) in [5.74, 6) is 0. The third-order valence-corrected chi connectivity index (χ3v) is 1.99. The standard InChI is InChI=1S/C10H8O/c11-7-9-5-1-3-8-4-2-6-10(8)9/h1-5,7H,6H2/p+1. The van der Waals surface area contributed by atoms with E-state index < -0.39 is 0 Å². The molecule has 1 aromatic rings. The van der Waals surface area contributed by atoms with Gasteiger partial charge >= 0.3 is 1.43 Å². The van der Waals surface area contributed by atoms with Crippen LogP contribution < -0.4 is 0 Å². The Morgan fingerprint density at radius 3 is 3.18 bits per heavy atom. The fraction of sp³-hybridized carbons (Fsp3) is 0.100. The van der Waals surface area contributed by atoms with E-state index in [0.717, 1.165) is 18.3 Å². The molecule has 11 heavy (non-hydrogen) atoms. The van der Waals surface area contributed by atoms with Crippen molar-refractivity contribution >= 4 is 12.4 Å². The van der Waals surface area contributed by atoms with E-state index in [1.807, 2.05) is 18.2 Å². The Kier molecular flexibility index (Phi) is 1.35. The minimum atomic E-state index is 0. The van der Waals surface area contributed by atoms with Crippen LogP contribution >= 0.6 is 0 Å². The van der Waals surface area contributed by atoms with E-state index in [-0.39, 0.29) is 1.43 Å². The van der Waals surface area contributed by atoms with E-state index in [9.17, 15) is 4.79 Å². The molecule has 2 rings (SSSR count). The number of carbonyl (C=O) groups is 1. The number of aldehydes is 1. The van der Waals surface area contributed by atoms with E-state index in [1.165, 1.54) is 11.1 Å². The SMILES string of the molecule is O=Cc1cccc2c1CC=C2.[H+]. The van der Waals surface area contributed by atoms with Gasteiger partial charge in [-0.2, -0.15) is 0 Å². The number of hydrogen-bond donors (Lipinski definition) is 0. The lowest BCUT2D eigenvalue weighted by molar-refractivity contribution is 0.112. The Labute approximate surface area is 66.8 Å². The predicted octanol–water partition coefficient (Wildman–Crippen LogP) is 2.18. The molecule has 0 saturated carbocycles. The van der Waals surface area contributed by atoms with Crippen LogP contribution in [0.5, 0.6) is 0 Å². The molecule has 1 nitrogen and oxygen atoms in total. The molecule has 0 bridgehead atoms. The van der Waals surface area contributed by atoms with Gasteiger partial charge < -0.3 is 0 Å². The molecule has 0 spiro atoms. The molecule has 1 aromatic carbocycles. The van der Waals surface area contributed by atoms with Gasteiger partial charge in [0, 0.05) is 5.56 Å². The summed E-state index contributed by atoms with van der Waals surface area (Å²) in [6.45, 7) is 0. The van der Waals surface area contributed by atoms with E-state index in [1.54, 1.807) is 0 Å². The number of rotatable bonds is 1. The summed E-state index contributed by atoms with van der Waals surface area (Å²) in [4.78, 5) is 10.5. The first kappa shape index (κ1) is 6.35. The molecular formula is C10H9O+. The first-order valence-corrected chi connectivity index (χ1v) is 3.65. The average Bonchev–Trinajstić information content (AvgIpc) is 2.50. The second kappa shape index (κ2) is 2.35. The average molecular weight is 145 g/mol. The zero-order valence-corrected chi connectivity index (χ0v) is 6.08. The van der Waals surface area contributed by atoms with Gasteiger partial charge in [0.1, 0.15) is 6.29 Å². The summed E-state index contributed by atoms with van der Waals surface area (Å²) >= 11 is 0. The Morgan fingerprint density at radius 1 is 1.45 bits per heavy atom. The van der Waals surface area contributed by atoms with Crippen molar-refractivity contribution in [2.24, 2.45) is 0 Å². The van der Waals surface area contributed by atoms with Crippen molar-refractivity contribution in [3.8, 4) is 0 Å². The zero-order valence-electron chi connectivity index (χ0n) is 7.08. The van der Waals surface area contributed by atoms with E-state index in [0.29, 0.717) is 0 Å². The summed E-state index contributed by atoms with van der Waals surface area (Å²) < 4.78 is 0. The molecule has 0 heterocycles. The minimum Gasteiger partial charge on any atom is -0.298 e. The van der Waals surface area contributed by atoms with Crippen molar-refractivity contribution in [3.05, 3.63) is 41.0 Å². The fourth-order valence-corrected chi connectivity index (χ4v) is 1.43. The van der Waals surface area contributed by atoms with Gasteiger partial charge in [-0.1, -0.05) is 30.4 Å². The van der Waals surface area contributed by atoms with Crippen LogP contribution in [0.2, 0.25) is 0 Å². The minimum absolute atomic E-state index is 0. The van der Waals surface area contributed by atoms with Gasteiger partial charge in [0.15, 0.2) is 0 Å². The van der Waals surface area contributed by atoms with Gasteiger partial charge in [-0.25, -0.2) is 0 Å². The number of carbonyl (C=O) groups excluding carboxylic acids is 1. The highest BCUT2D eigenvalue weighted by molar-refractivity contribution is 5.81. The molecule has 1 aliphatic carbocycles. The van der Waals surface area contributed by atoms with Crippen LogP contribution in [0.15, 0.2) is 24.3 Å². The molecule has 54 valence electrons. The van der Waals surface area contributed by atoms with Crippen LogP contribution in [-0.2, 0) is 6.42 Å². The van der Waals surface area contributed by atoms with Gasteiger partial charge in [-0.3, -0.25) is 4.79 Å². The molecule has 0 amide bonds. The summed E-state index contributed by atoms with van der Waals surface area (Å²) in [5, 5.41) is 0. The van der Waals surface area contributed by atoms with Crippen LogP contribution in [0.1, 0.15) is 22.9 Å². The number of benzene rings is 1. The number of allylic oxidation sites excluding steroid dienone is 1. The van der Waals surface area contributed by atoms with Gasteiger partial charge in [0.2, 0.25) is 0 Å². The van der Waals surface area contributed by atoms with Crippen molar-refractivity contribution in [2.75, 3.05) is 0 Å². The Morgan fingerprint density at radius 2 is 2.36 bits per heavy atom. The van der Waals surface area contributed by atoms with Crippen LogP contribution in [0.3, 0.4) is 0 Å². The van der Waals surface area contributed by atoms with Crippen molar-refractivity contribution in [2.45, 2.75) is 6.42 Å². The second-order valence-corrected chi connectivity index (χ2v) is 2.64. The van der Waals surface area contributed by atoms with Crippen molar-refractivity contribution in [1.82, 2.24) is 0 Å². The van der Waals surface area contributed by atoms with Crippen LogP contribution in [-0.4, -0.2) is 6.29 Å². The maximum absolute atomic E-state index is 10.5. The number of hydrogen-bond acceptors (Lipinski definition) is 1. The van der Waals surface area contributed by atoms with E-state index in [2.05, 4.69) is 12.2 Å². The molecular weight excluding hydrogens is 136 g/mol. The molecule has 0 aromatic heterocycles. The topological polar surface area (TPSA) is 17.1 Å². The summed E-state index contributed by atoms with van der Waals surface area (Å²) in [6.07, 6.45) is 5.97. The second-order valence-electron chi connectivity index (χ2n) is 2.64. The lowest BCUT2D eigenvalue weighted by Gasteiger charge is -1.99. The summed E-state index contributed by atoms with van der Waals surface area (Å²) in [5.41, 5.74) is 3.18. The third-order valence-electron chi connectivity index (χ3n) is 1.99. The van der Waals surface area contributed by atoms with Gasteiger partial charge in [-0.05, 0) is 17.5 Å². The zero-order chi connectivity index (χ0) is 7.68. The Bertz CT molecular complexity index is 329. The van der Waals surface area contributed by atoms with Crippen LogP contribution in [0.25, 0.3) is 6.08 Å². The fourth-order valence-electron chi connectivity index (χ4n) is 1.43. The van der Waals surface area contributed by atoms with E-state index in [4.69, 9.17) is 0 Å². The third kappa shape index (κ3) is 0.891. The first-order valence-electron chi connectivity index (χ1n) is 3.65. The quantitative estimate of drug-likeness (QED) is 0.553. The van der Waals surface area contributed by atoms with Crippen LogP contribution in [0.4, 0.5) is 0 Å². The molecule has 0 fully saturated rings. The highest BCUT2D eigenvalue weighted by atomic mass is 16.1.